The highest BCUT2D eigenvalue weighted by Gasteiger charge is 2.35. The van der Waals surface area contributed by atoms with E-state index in [2.05, 4.69) is 5.32 Å². The van der Waals surface area contributed by atoms with Gasteiger partial charge in [0.05, 0.1) is 25.3 Å². The number of ether oxygens (including phenoxy) is 2. The first-order chi connectivity index (χ1) is 13.9. The lowest BCUT2D eigenvalue weighted by molar-refractivity contribution is -0.139. The van der Waals surface area contributed by atoms with Crippen molar-refractivity contribution >= 4 is 12.0 Å². The molecule has 2 N–H and O–H groups in total. The van der Waals surface area contributed by atoms with E-state index in [1.165, 1.54) is 18.1 Å². The second-order valence-electron chi connectivity index (χ2n) is 6.74. The van der Waals surface area contributed by atoms with Crippen molar-refractivity contribution in [1.82, 2.24) is 10.2 Å². The Bertz CT molecular complexity index is 939. The molecule has 2 aromatic carbocycles. The van der Waals surface area contributed by atoms with Gasteiger partial charge in [-0.05, 0) is 30.2 Å². The van der Waals surface area contributed by atoms with E-state index < -0.39 is 12.0 Å². The fourth-order valence-electron chi connectivity index (χ4n) is 3.21. The van der Waals surface area contributed by atoms with Crippen LogP contribution < -0.4 is 10.1 Å². The quantitative estimate of drug-likeness (QED) is 0.733. The number of benzene rings is 2. The molecule has 0 spiro atoms. The molecular weight excluding hydrogens is 372 g/mol. The van der Waals surface area contributed by atoms with Crippen molar-refractivity contribution in [3.63, 3.8) is 0 Å². The Morgan fingerprint density at radius 3 is 2.62 bits per heavy atom. The molecule has 0 saturated heterocycles. The summed E-state index contributed by atoms with van der Waals surface area (Å²) >= 11 is 0. The highest BCUT2D eigenvalue weighted by molar-refractivity contribution is 5.95. The second kappa shape index (κ2) is 8.68. The number of allylic oxidation sites excluding steroid dienone is 1. The van der Waals surface area contributed by atoms with E-state index in [0.29, 0.717) is 23.3 Å². The van der Waals surface area contributed by atoms with E-state index in [-0.39, 0.29) is 24.1 Å². The molecule has 0 aromatic heterocycles. The maximum absolute atomic E-state index is 12.9. The Balaban J connectivity index is 1.85. The number of nitrogens with zero attached hydrogens (tertiary/aromatic N) is 1. The molecule has 29 heavy (non-hydrogen) atoms. The lowest BCUT2D eigenvalue weighted by atomic mass is 9.94. The number of nitrogens with one attached hydrogen (secondary N) is 1. The number of carbonyl (C=O) groups is 2. The zero-order chi connectivity index (χ0) is 21.0. The van der Waals surface area contributed by atoms with Crippen molar-refractivity contribution in [3.8, 4) is 11.5 Å². The van der Waals surface area contributed by atoms with Gasteiger partial charge in [0, 0.05) is 19.2 Å². The van der Waals surface area contributed by atoms with Gasteiger partial charge in [-0.2, -0.15) is 0 Å². The standard InChI is InChI=1S/C22H24N2O5/c1-14-19(21(26)29-12-11-15-7-5-4-6-8-15)20(23-22(27)24(14)2)16-9-10-17(25)18(13-16)28-3/h4-10,13,20,25H,11-12H2,1-3H3,(H,23,27)/t20-/m1/s1. The summed E-state index contributed by atoms with van der Waals surface area (Å²) in [6, 6.07) is 13.4. The number of phenolic OH excluding ortho intramolecular Hbond substituents is 1. The van der Waals surface area contributed by atoms with Crippen molar-refractivity contribution in [3.05, 3.63) is 70.9 Å². The summed E-state index contributed by atoms with van der Waals surface area (Å²) in [6.07, 6.45) is 0.596. The summed E-state index contributed by atoms with van der Waals surface area (Å²) in [5, 5.41) is 12.7. The van der Waals surface area contributed by atoms with Crippen LogP contribution >= 0.6 is 0 Å². The van der Waals surface area contributed by atoms with Gasteiger partial charge in [-0.3, -0.25) is 0 Å². The largest absolute Gasteiger partial charge is 0.504 e. The van der Waals surface area contributed by atoms with Gasteiger partial charge in [0.25, 0.3) is 0 Å². The van der Waals surface area contributed by atoms with Crippen LogP contribution in [-0.2, 0) is 16.0 Å². The van der Waals surface area contributed by atoms with Crippen LogP contribution in [0.25, 0.3) is 0 Å². The maximum Gasteiger partial charge on any atom is 0.338 e. The number of urea groups is 1. The number of methoxy groups -OCH3 is 1. The number of aromatic hydroxyl groups is 1. The lowest BCUT2D eigenvalue weighted by Gasteiger charge is -2.33. The van der Waals surface area contributed by atoms with Crippen LogP contribution in [0, 0.1) is 0 Å². The Hall–Kier alpha value is -3.48. The molecule has 1 atom stereocenters. The average molecular weight is 396 g/mol. The Kier molecular flexibility index (Phi) is 6.07. The van der Waals surface area contributed by atoms with Gasteiger partial charge in [-0.15, -0.1) is 0 Å². The van der Waals surface area contributed by atoms with Crippen LogP contribution in [0.3, 0.4) is 0 Å². The van der Waals surface area contributed by atoms with E-state index in [0.717, 1.165) is 5.56 Å². The molecule has 2 amide bonds. The molecule has 0 aliphatic carbocycles. The van der Waals surface area contributed by atoms with E-state index in [1.54, 1.807) is 26.1 Å². The first kappa shape index (κ1) is 20.3. The molecule has 0 radical (unpaired) electrons. The third-order valence-electron chi connectivity index (χ3n) is 4.98. The number of phenols is 1. The monoisotopic (exact) mass is 396 g/mol. The number of hydrogen-bond acceptors (Lipinski definition) is 5. The zero-order valence-corrected chi connectivity index (χ0v) is 16.6. The average Bonchev–Trinajstić information content (AvgIpc) is 2.72. The topological polar surface area (TPSA) is 88.1 Å². The second-order valence-corrected chi connectivity index (χ2v) is 6.74. The van der Waals surface area contributed by atoms with Crippen LogP contribution in [-0.4, -0.2) is 42.8 Å². The van der Waals surface area contributed by atoms with Gasteiger partial charge in [0.2, 0.25) is 0 Å². The third kappa shape index (κ3) is 4.34. The molecule has 3 rings (SSSR count). The van der Waals surface area contributed by atoms with Crippen molar-refractivity contribution in [1.29, 1.82) is 0 Å². The molecule has 0 saturated carbocycles. The van der Waals surface area contributed by atoms with E-state index in [9.17, 15) is 14.7 Å². The summed E-state index contributed by atoms with van der Waals surface area (Å²) in [6.45, 7) is 1.93. The van der Waals surface area contributed by atoms with E-state index in [4.69, 9.17) is 9.47 Å². The van der Waals surface area contributed by atoms with Crippen molar-refractivity contribution < 1.29 is 24.2 Å². The third-order valence-corrected chi connectivity index (χ3v) is 4.98. The smallest absolute Gasteiger partial charge is 0.338 e. The molecule has 7 nitrogen and oxygen atoms in total. The molecular formula is C22H24N2O5. The fourth-order valence-corrected chi connectivity index (χ4v) is 3.21. The molecule has 7 heteroatoms. The number of esters is 1. The summed E-state index contributed by atoms with van der Waals surface area (Å²) in [5.74, 6) is -0.268. The molecule has 152 valence electrons. The number of hydrogen-bond donors (Lipinski definition) is 2. The predicted octanol–water partition coefficient (Wildman–Crippen LogP) is 3.16. The van der Waals surface area contributed by atoms with Gasteiger partial charge in [-0.25, -0.2) is 9.59 Å². The van der Waals surface area contributed by atoms with Crippen LogP contribution in [0.15, 0.2) is 59.8 Å². The van der Waals surface area contributed by atoms with Crippen LogP contribution in [0.5, 0.6) is 11.5 Å². The van der Waals surface area contributed by atoms with Crippen molar-refractivity contribution in [2.75, 3.05) is 20.8 Å². The maximum atomic E-state index is 12.9. The Morgan fingerprint density at radius 1 is 1.21 bits per heavy atom. The number of rotatable bonds is 6. The molecule has 2 aromatic rings. The SMILES string of the molecule is COc1cc([C@H]2NC(=O)N(C)C(C)=C2C(=O)OCCc2ccccc2)ccc1O. The van der Waals surface area contributed by atoms with Gasteiger partial charge < -0.3 is 24.8 Å². The van der Waals surface area contributed by atoms with Gasteiger partial charge in [-0.1, -0.05) is 36.4 Å². The number of carbonyl (C=O) groups excluding carboxylic acids is 2. The number of amides is 2. The molecule has 1 aliphatic rings. The summed E-state index contributed by atoms with van der Waals surface area (Å²) < 4.78 is 10.7. The highest BCUT2D eigenvalue weighted by Crippen LogP contribution is 2.35. The highest BCUT2D eigenvalue weighted by atomic mass is 16.5. The van der Waals surface area contributed by atoms with Crippen molar-refractivity contribution in [2.24, 2.45) is 0 Å². The minimum atomic E-state index is -0.711. The van der Waals surface area contributed by atoms with Crippen LogP contribution in [0.1, 0.15) is 24.1 Å². The Morgan fingerprint density at radius 2 is 1.93 bits per heavy atom. The summed E-state index contributed by atoms with van der Waals surface area (Å²) in [5.41, 5.74) is 2.53. The zero-order valence-electron chi connectivity index (χ0n) is 16.6. The predicted molar refractivity (Wildman–Crippen MR) is 107 cm³/mol. The van der Waals surface area contributed by atoms with Gasteiger partial charge >= 0.3 is 12.0 Å². The first-order valence-electron chi connectivity index (χ1n) is 9.25. The van der Waals surface area contributed by atoms with E-state index in [1.807, 2.05) is 30.3 Å². The van der Waals surface area contributed by atoms with E-state index >= 15 is 0 Å². The molecule has 1 heterocycles. The first-order valence-corrected chi connectivity index (χ1v) is 9.25. The lowest BCUT2D eigenvalue weighted by Crippen LogP contribution is -2.46. The van der Waals surface area contributed by atoms with Crippen LogP contribution in [0.4, 0.5) is 4.79 Å². The molecule has 1 aliphatic heterocycles. The van der Waals surface area contributed by atoms with Gasteiger partial charge in [0.1, 0.15) is 0 Å². The van der Waals surface area contributed by atoms with Gasteiger partial charge in [0.15, 0.2) is 11.5 Å². The molecule has 0 fully saturated rings. The molecule has 0 unspecified atom stereocenters. The fraction of sp³-hybridized carbons (Fsp3) is 0.273. The summed E-state index contributed by atoms with van der Waals surface area (Å²) in [7, 11) is 3.03. The molecule has 0 bridgehead atoms. The Labute approximate surface area is 169 Å². The minimum Gasteiger partial charge on any atom is -0.504 e. The minimum absolute atomic E-state index is 0.0248. The van der Waals surface area contributed by atoms with Crippen molar-refractivity contribution in [2.45, 2.75) is 19.4 Å². The summed E-state index contributed by atoms with van der Waals surface area (Å²) in [4.78, 5) is 26.6. The normalized spacial score (nSPS) is 16.4. The van der Waals surface area contributed by atoms with Crippen LogP contribution in [0.2, 0.25) is 0 Å².